The van der Waals surface area contributed by atoms with Crippen molar-refractivity contribution in [2.24, 2.45) is 0 Å². The van der Waals surface area contributed by atoms with Gasteiger partial charge in [0.25, 0.3) is 0 Å². The number of amides is 1. The van der Waals surface area contributed by atoms with Crippen LogP contribution in [0.4, 0.5) is 0 Å². The maximum absolute atomic E-state index is 12.5. The third-order valence-corrected chi connectivity index (χ3v) is 6.05. The van der Waals surface area contributed by atoms with Crippen molar-refractivity contribution >= 4 is 17.7 Å². The first-order valence-corrected chi connectivity index (χ1v) is 8.85. The Balaban J connectivity index is 1.51. The molecule has 0 radical (unpaired) electrons. The molecule has 1 aromatic rings. The molecule has 2 fully saturated rings. The summed E-state index contributed by atoms with van der Waals surface area (Å²) in [6.45, 7) is 3.91. The standard InChI is InChI=1S/C17H24N2OS/c1-17(10-5-11-21-17)12-19-13-18-15(16(19)20)9-8-14-6-3-2-4-7-14/h2-4,6-7,15,18H,5,8-13H2,1H3. The number of hydrogen-bond donors (Lipinski definition) is 1. The van der Waals surface area contributed by atoms with Gasteiger partial charge in [-0.3, -0.25) is 10.1 Å². The average Bonchev–Trinajstić information content (AvgIpc) is 3.06. The zero-order valence-corrected chi connectivity index (χ0v) is 13.5. The predicted molar refractivity (Wildman–Crippen MR) is 88.4 cm³/mol. The lowest BCUT2D eigenvalue weighted by molar-refractivity contribution is -0.129. The SMILES string of the molecule is CC1(CN2CNC(CCc3ccccc3)C2=O)CCCS1. The summed E-state index contributed by atoms with van der Waals surface area (Å²) in [5, 5.41) is 3.39. The van der Waals surface area contributed by atoms with Crippen LogP contribution in [0.3, 0.4) is 0 Å². The Bertz CT molecular complexity index is 485. The first-order valence-electron chi connectivity index (χ1n) is 7.86. The van der Waals surface area contributed by atoms with Gasteiger partial charge in [0, 0.05) is 11.3 Å². The van der Waals surface area contributed by atoms with E-state index in [0.717, 1.165) is 19.4 Å². The minimum atomic E-state index is 0.000194. The fraction of sp³-hybridized carbons (Fsp3) is 0.588. The number of nitrogens with zero attached hydrogens (tertiary/aromatic N) is 1. The molecule has 2 heterocycles. The van der Waals surface area contributed by atoms with Crippen LogP contribution in [-0.2, 0) is 11.2 Å². The summed E-state index contributed by atoms with van der Waals surface area (Å²) in [5.74, 6) is 1.53. The number of rotatable bonds is 5. The summed E-state index contributed by atoms with van der Waals surface area (Å²) in [4.78, 5) is 14.5. The Labute approximate surface area is 131 Å². The van der Waals surface area contributed by atoms with Crippen LogP contribution >= 0.6 is 11.8 Å². The van der Waals surface area contributed by atoms with Gasteiger partial charge in [-0.15, -0.1) is 0 Å². The van der Waals surface area contributed by atoms with Crippen LogP contribution in [0.25, 0.3) is 0 Å². The monoisotopic (exact) mass is 304 g/mol. The third-order valence-electron chi connectivity index (χ3n) is 4.53. The Morgan fingerprint density at radius 1 is 1.38 bits per heavy atom. The maximum atomic E-state index is 12.5. The number of carbonyl (C=O) groups excluding carboxylic acids is 1. The van der Waals surface area contributed by atoms with Gasteiger partial charge < -0.3 is 4.90 Å². The second-order valence-corrected chi connectivity index (χ2v) is 8.06. The highest BCUT2D eigenvalue weighted by Gasteiger charge is 2.37. The van der Waals surface area contributed by atoms with Crippen molar-refractivity contribution in [3.8, 4) is 0 Å². The lowest BCUT2D eigenvalue weighted by Crippen LogP contribution is -2.39. The van der Waals surface area contributed by atoms with Gasteiger partial charge in [-0.05, 0) is 43.9 Å². The number of aryl methyl sites for hydroxylation is 1. The van der Waals surface area contributed by atoms with Crippen LogP contribution in [0.15, 0.2) is 30.3 Å². The van der Waals surface area contributed by atoms with Crippen molar-refractivity contribution < 1.29 is 4.79 Å². The van der Waals surface area contributed by atoms with Crippen molar-refractivity contribution in [2.45, 2.75) is 43.4 Å². The van der Waals surface area contributed by atoms with Gasteiger partial charge in [0.15, 0.2) is 0 Å². The highest BCUT2D eigenvalue weighted by Crippen LogP contribution is 2.38. The molecule has 2 aliphatic heterocycles. The van der Waals surface area contributed by atoms with Crippen molar-refractivity contribution in [1.82, 2.24) is 10.2 Å². The fourth-order valence-corrected chi connectivity index (χ4v) is 4.60. The second kappa shape index (κ2) is 6.41. The molecule has 1 aromatic carbocycles. The number of carbonyl (C=O) groups is 1. The molecular formula is C17H24N2OS. The van der Waals surface area contributed by atoms with Gasteiger partial charge in [0.05, 0.1) is 12.7 Å². The molecule has 21 heavy (non-hydrogen) atoms. The molecule has 3 rings (SSSR count). The number of hydrogen-bond acceptors (Lipinski definition) is 3. The van der Waals surface area contributed by atoms with Crippen LogP contribution in [0.1, 0.15) is 31.7 Å². The van der Waals surface area contributed by atoms with Crippen LogP contribution in [0.5, 0.6) is 0 Å². The third kappa shape index (κ3) is 3.61. The molecule has 0 saturated carbocycles. The van der Waals surface area contributed by atoms with E-state index in [0.29, 0.717) is 12.6 Å². The summed E-state index contributed by atoms with van der Waals surface area (Å²) >= 11 is 2.02. The molecule has 0 aliphatic carbocycles. The molecule has 0 bridgehead atoms. The Morgan fingerprint density at radius 2 is 2.19 bits per heavy atom. The van der Waals surface area contributed by atoms with E-state index in [2.05, 4.69) is 36.5 Å². The van der Waals surface area contributed by atoms with Crippen LogP contribution < -0.4 is 5.32 Å². The summed E-state index contributed by atoms with van der Waals surface area (Å²) in [6.07, 6.45) is 4.37. The maximum Gasteiger partial charge on any atom is 0.240 e. The quantitative estimate of drug-likeness (QED) is 0.908. The molecule has 3 nitrogen and oxygen atoms in total. The van der Waals surface area contributed by atoms with Gasteiger partial charge in [-0.2, -0.15) is 11.8 Å². The zero-order chi connectivity index (χ0) is 14.7. The van der Waals surface area contributed by atoms with E-state index in [1.165, 1.54) is 24.2 Å². The van der Waals surface area contributed by atoms with E-state index in [9.17, 15) is 4.79 Å². The van der Waals surface area contributed by atoms with E-state index in [1.54, 1.807) is 0 Å². The molecule has 2 unspecified atom stereocenters. The fourth-order valence-electron chi connectivity index (χ4n) is 3.29. The molecule has 0 aromatic heterocycles. The lowest BCUT2D eigenvalue weighted by atomic mass is 10.0. The van der Waals surface area contributed by atoms with E-state index in [-0.39, 0.29) is 10.8 Å². The van der Waals surface area contributed by atoms with E-state index < -0.39 is 0 Å². The topological polar surface area (TPSA) is 32.3 Å². The van der Waals surface area contributed by atoms with Crippen molar-refractivity contribution in [3.05, 3.63) is 35.9 Å². The highest BCUT2D eigenvalue weighted by molar-refractivity contribution is 8.00. The molecular weight excluding hydrogens is 280 g/mol. The van der Waals surface area contributed by atoms with E-state index >= 15 is 0 Å². The zero-order valence-electron chi connectivity index (χ0n) is 12.7. The van der Waals surface area contributed by atoms with Gasteiger partial charge in [0.2, 0.25) is 5.91 Å². The van der Waals surface area contributed by atoms with Gasteiger partial charge in [0.1, 0.15) is 0 Å². The largest absolute Gasteiger partial charge is 0.327 e. The van der Waals surface area contributed by atoms with Crippen molar-refractivity contribution in [3.63, 3.8) is 0 Å². The Hall–Kier alpha value is -1.000. The number of benzene rings is 1. The van der Waals surface area contributed by atoms with E-state index in [1.807, 2.05) is 22.7 Å². The summed E-state index contributed by atoms with van der Waals surface area (Å²) in [6, 6.07) is 10.4. The molecule has 2 saturated heterocycles. The van der Waals surface area contributed by atoms with Crippen LogP contribution in [0, 0.1) is 0 Å². The van der Waals surface area contributed by atoms with Gasteiger partial charge >= 0.3 is 0 Å². The average molecular weight is 304 g/mol. The van der Waals surface area contributed by atoms with Crippen LogP contribution in [0.2, 0.25) is 0 Å². The second-order valence-electron chi connectivity index (χ2n) is 6.38. The van der Waals surface area contributed by atoms with Crippen LogP contribution in [-0.4, -0.2) is 40.6 Å². The molecule has 2 atom stereocenters. The molecule has 2 aliphatic rings. The van der Waals surface area contributed by atoms with Crippen molar-refractivity contribution in [2.75, 3.05) is 19.0 Å². The molecule has 1 N–H and O–H groups in total. The minimum Gasteiger partial charge on any atom is -0.327 e. The first kappa shape index (κ1) is 14.9. The highest BCUT2D eigenvalue weighted by atomic mass is 32.2. The molecule has 1 amide bonds. The number of thioether (sulfide) groups is 1. The van der Waals surface area contributed by atoms with Gasteiger partial charge in [-0.1, -0.05) is 30.3 Å². The summed E-state index contributed by atoms with van der Waals surface area (Å²) < 4.78 is 0.270. The molecule has 114 valence electrons. The normalized spacial score (nSPS) is 29.3. The Morgan fingerprint density at radius 3 is 2.90 bits per heavy atom. The smallest absolute Gasteiger partial charge is 0.240 e. The van der Waals surface area contributed by atoms with Crippen molar-refractivity contribution in [1.29, 1.82) is 0 Å². The minimum absolute atomic E-state index is 0.000194. The summed E-state index contributed by atoms with van der Waals surface area (Å²) in [5.41, 5.74) is 1.31. The summed E-state index contributed by atoms with van der Waals surface area (Å²) in [7, 11) is 0. The molecule has 4 heteroatoms. The molecule has 0 spiro atoms. The lowest BCUT2D eigenvalue weighted by Gasteiger charge is -2.28. The predicted octanol–water partition coefficient (Wildman–Crippen LogP) is 2.66. The first-order chi connectivity index (χ1) is 10.2. The Kier molecular flexibility index (Phi) is 4.55. The van der Waals surface area contributed by atoms with E-state index in [4.69, 9.17) is 0 Å². The number of nitrogens with one attached hydrogen (secondary N) is 1. The van der Waals surface area contributed by atoms with Gasteiger partial charge in [-0.25, -0.2) is 0 Å².